The summed E-state index contributed by atoms with van der Waals surface area (Å²) in [5.74, 6) is -2.97. The number of aromatic hydroxyl groups is 1. The van der Waals surface area contributed by atoms with Crippen LogP contribution in [-0.4, -0.2) is 22.0 Å². The molecule has 0 aliphatic carbocycles. The number of rotatable bonds is 4. The molecule has 27 heavy (non-hydrogen) atoms. The summed E-state index contributed by atoms with van der Waals surface area (Å²) in [5, 5.41) is 24.9. The lowest BCUT2D eigenvalue weighted by atomic mass is 10.1. The van der Waals surface area contributed by atoms with Crippen molar-refractivity contribution < 1.29 is 24.2 Å². The molecule has 7 nitrogen and oxygen atoms in total. The second-order valence-corrected chi connectivity index (χ2v) is 6.58. The minimum Gasteiger partial charge on any atom is -0.545 e. The van der Waals surface area contributed by atoms with Gasteiger partial charge in [-0.1, -0.05) is 29.5 Å². The Morgan fingerprint density at radius 2 is 2.00 bits per heavy atom. The van der Waals surface area contributed by atoms with Crippen LogP contribution in [0.4, 0.5) is 15.2 Å². The fourth-order valence-electron chi connectivity index (χ4n) is 2.72. The number of aromatic carboxylic acids is 1. The van der Waals surface area contributed by atoms with Crippen molar-refractivity contribution in [2.24, 2.45) is 4.99 Å². The summed E-state index contributed by atoms with van der Waals surface area (Å²) < 4.78 is 13.6. The minimum atomic E-state index is -1.37. The molecule has 1 aliphatic heterocycles. The van der Waals surface area contributed by atoms with Crippen molar-refractivity contribution in [3.63, 3.8) is 0 Å². The van der Waals surface area contributed by atoms with Crippen LogP contribution in [0.25, 0.3) is 5.57 Å². The van der Waals surface area contributed by atoms with Crippen LogP contribution in [0.3, 0.4) is 0 Å². The molecule has 1 amide bonds. The number of nitrogens with zero attached hydrogens (tertiary/aromatic N) is 2. The van der Waals surface area contributed by atoms with Crippen LogP contribution in [0.2, 0.25) is 0 Å². The zero-order valence-electron chi connectivity index (χ0n) is 13.4. The highest BCUT2D eigenvalue weighted by Gasteiger charge is 2.25. The molecule has 0 unspecified atom stereocenters. The smallest absolute Gasteiger partial charge is 0.279 e. The maximum Gasteiger partial charge on any atom is 0.279 e. The molecule has 0 fully saturated rings. The lowest BCUT2D eigenvalue weighted by Crippen LogP contribution is -2.23. The maximum atomic E-state index is 13.6. The Morgan fingerprint density at radius 1 is 1.22 bits per heavy atom. The number of thiazole rings is 1. The van der Waals surface area contributed by atoms with Crippen molar-refractivity contribution in [2.75, 3.05) is 5.32 Å². The molecule has 0 radical (unpaired) electrons. The number of anilines is 2. The first kappa shape index (κ1) is 16.9. The van der Waals surface area contributed by atoms with E-state index in [2.05, 4.69) is 15.3 Å². The van der Waals surface area contributed by atoms with E-state index in [9.17, 15) is 24.2 Å². The molecule has 1 aromatic heterocycles. The molecule has 2 heterocycles. The summed E-state index contributed by atoms with van der Waals surface area (Å²) in [6.45, 7) is 0. The highest BCUT2D eigenvalue weighted by atomic mass is 32.1. The molecule has 2 aromatic carbocycles. The average molecular weight is 382 g/mol. The second kappa shape index (κ2) is 6.29. The van der Waals surface area contributed by atoms with Gasteiger partial charge in [0.05, 0.1) is 16.9 Å². The van der Waals surface area contributed by atoms with Crippen LogP contribution in [0.1, 0.15) is 15.2 Å². The van der Waals surface area contributed by atoms with E-state index in [1.54, 1.807) is 12.1 Å². The molecule has 2 N–H and O–H groups in total. The minimum absolute atomic E-state index is 0.0423. The van der Waals surface area contributed by atoms with E-state index >= 15 is 0 Å². The Morgan fingerprint density at radius 3 is 2.78 bits per heavy atom. The van der Waals surface area contributed by atoms with Gasteiger partial charge in [-0.2, -0.15) is 4.98 Å². The molecule has 4 rings (SSSR count). The standard InChI is InChI=1S/C18H10FN3O4S/c19-8-5-6-12-10(7-8)13(15(23)20-12)14-16(24)22-18(27-14)21-11-4-2-1-3-9(11)17(25)26/h1-7,24H,(H,21,22)(H,25,26)/p-1. The van der Waals surface area contributed by atoms with E-state index in [-0.39, 0.29) is 32.1 Å². The third kappa shape index (κ3) is 2.93. The van der Waals surface area contributed by atoms with E-state index in [1.807, 2.05) is 0 Å². The third-order valence-electron chi connectivity index (χ3n) is 3.89. The number of benzene rings is 2. The highest BCUT2D eigenvalue weighted by molar-refractivity contribution is 7.17. The van der Waals surface area contributed by atoms with Crippen LogP contribution in [0, 0.1) is 5.82 Å². The molecule has 0 atom stereocenters. The van der Waals surface area contributed by atoms with Crippen molar-refractivity contribution >= 4 is 39.6 Å². The largest absolute Gasteiger partial charge is 0.545 e. The monoisotopic (exact) mass is 382 g/mol. The Balaban J connectivity index is 1.80. The molecule has 9 heteroatoms. The second-order valence-electron chi connectivity index (χ2n) is 5.58. The highest BCUT2D eigenvalue weighted by Crippen LogP contribution is 2.35. The number of amides is 1. The van der Waals surface area contributed by atoms with Gasteiger partial charge in [-0.3, -0.25) is 4.79 Å². The summed E-state index contributed by atoms with van der Waals surface area (Å²) in [6, 6.07) is 9.77. The van der Waals surface area contributed by atoms with E-state index < -0.39 is 23.6 Å². The number of aromatic nitrogens is 1. The van der Waals surface area contributed by atoms with E-state index in [4.69, 9.17) is 0 Å². The Kier molecular flexibility index (Phi) is 3.93. The van der Waals surface area contributed by atoms with Gasteiger partial charge in [0.15, 0.2) is 5.13 Å². The van der Waals surface area contributed by atoms with Crippen molar-refractivity contribution in [3.05, 3.63) is 69.3 Å². The molecule has 0 bridgehead atoms. The van der Waals surface area contributed by atoms with Crippen LogP contribution >= 0.6 is 11.3 Å². The van der Waals surface area contributed by atoms with Gasteiger partial charge in [0.25, 0.3) is 5.91 Å². The van der Waals surface area contributed by atoms with Gasteiger partial charge < -0.3 is 20.3 Å². The average Bonchev–Trinajstić information content (AvgIpc) is 3.13. The number of nitrogens with one attached hydrogen (secondary N) is 1. The number of carboxylic acid groups (broad SMARTS) is 1. The number of carbonyl (C=O) groups excluding carboxylic acids is 2. The summed E-state index contributed by atoms with van der Waals surface area (Å²) in [7, 11) is 0. The maximum absolute atomic E-state index is 13.6. The quantitative estimate of drug-likeness (QED) is 0.677. The number of para-hydroxylation sites is 1. The van der Waals surface area contributed by atoms with Gasteiger partial charge in [0, 0.05) is 16.5 Å². The summed E-state index contributed by atoms with van der Waals surface area (Å²) in [5.41, 5.74) is 0.179. The predicted molar refractivity (Wildman–Crippen MR) is 92.5 cm³/mol. The first-order valence-corrected chi connectivity index (χ1v) is 8.46. The SMILES string of the molecule is O=C1N=c2ccc(F)cc2=C1c1sc(Nc2ccccc2C(=O)[O-])nc1O. The number of carboxylic acids is 1. The number of hydrogen-bond donors (Lipinski definition) is 2. The van der Waals surface area contributed by atoms with Gasteiger partial charge in [-0.25, -0.2) is 9.38 Å². The molecule has 0 saturated carbocycles. The Hall–Kier alpha value is -3.59. The molecular formula is C18H9FN3O4S-. The van der Waals surface area contributed by atoms with E-state index in [1.165, 1.54) is 24.3 Å². The summed E-state index contributed by atoms with van der Waals surface area (Å²) in [6.07, 6.45) is 0. The topological polar surface area (TPSA) is 115 Å². The lowest BCUT2D eigenvalue weighted by molar-refractivity contribution is -0.254. The van der Waals surface area contributed by atoms with Crippen LogP contribution in [-0.2, 0) is 4.79 Å². The summed E-state index contributed by atoms with van der Waals surface area (Å²) >= 11 is 0.919. The molecule has 0 saturated heterocycles. The van der Waals surface area contributed by atoms with Crippen LogP contribution in [0.5, 0.6) is 5.88 Å². The molecule has 0 spiro atoms. The normalized spacial score (nSPS) is 12.6. The van der Waals surface area contributed by atoms with Gasteiger partial charge >= 0.3 is 0 Å². The fraction of sp³-hybridized carbons (Fsp3) is 0. The van der Waals surface area contributed by atoms with Crippen molar-refractivity contribution in [1.82, 2.24) is 4.98 Å². The van der Waals surface area contributed by atoms with Gasteiger partial charge in [0.2, 0.25) is 5.88 Å². The first-order chi connectivity index (χ1) is 12.9. The number of fused-ring (bicyclic) bond motifs is 1. The lowest BCUT2D eigenvalue weighted by Gasteiger charge is -2.10. The fourth-order valence-corrected chi connectivity index (χ4v) is 3.64. The molecular weight excluding hydrogens is 373 g/mol. The van der Waals surface area contributed by atoms with Gasteiger partial charge in [0.1, 0.15) is 10.7 Å². The van der Waals surface area contributed by atoms with Crippen molar-refractivity contribution in [1.29, 1.82) is 0 Å². The molecule has 134 valence electrons. The van der Waals surface area contributed by atoms with Crippen LogP contribution < -0.4 is 21.0 Å². The number of carbonyl (C=O) groups is 2. The third-order valence-corrected chi connectivity index (χ3v) is 4.87. The van der Waals surface area contributed by atoms with E-state index in [0.29, 0.717) is 5.36 Å². The Labute approximate surface area is 154 Å². The molecule has 1 aliphatic rings. The summed E-state index contributed by atoms with van der Waals surface area (Å²) in [4.78, 5) is 31.3. The van der Waals surface area contributed by atoms with Gasteiger partial charge in [-0.15, -0.1) is 0 Å². The van der Waals surface area contributed by atoms with E-state index in [0.717, 1.165) is 17.4 Å². The first-order valence-electron chi connectivity index (χ1n) is 7.64. The zero-order chi connectivity index (χ0) is 19.1. The van der Waals surface area contributed by atoms with Crippen LogP contribution in [0.15, 0.2) is 47.5 Å². The van der Waals surface area contributed by atoms with Gasteiger partial charge in [-0.05, 0) is 24.3 Å². The number of hydrogen-bond acceptors (Lipinski definition) is 7. The predicted octanol–water partition coefficient (Wildman–Crippen LogP) is 0.454. The zero-order valence-corrected chi connectivity index (χ0v) is 14.2. The van der Waals surface area contributed by atoms with Crippen molar-refractivity contribution in [2.45, 2.75) is 0 Å². The Bertz CT molecular complexity index is 1240. The van der Waals surface area contributed by atoms with Crippen molar-refractivity contribution in [3.8, 4) is 5.88 Å². The molecule has 3 aromatic rings. The number of halogens is 1.